The van der Waals surface area contributed by atoms with Gasteiger partial charge in [-0.25, -0.2) is 8.78 Å². The van der Waals surface area contributed by atoms with Gasteiger partial charge in [0.05, 0.1) is 18.6 Å². The van der Waals surface area contributed by atoms with Gasteiger partial charge in [0, 0.05) is 13.1 Å². The highest BCUT2D eigenvalue weighted by Crippen LogP contribution is 2.20. The van der Waals surface area contributed by atoms with Crippen molar-refractivity contribution >= 4 is 5.91 Å². The van der Waals surface area contributed by atoms with E-state index in [2.05, 4.69) is 0 Å². The number of hydrogen-bond donors (Lipinski definition) is 2. The van der Waals surface area contributed by atoms with E-state index in [1.165, 1.54) is 0 Å². The lowest BCUT2D eigenvalue weighted by molar-refractivity contribution is -0.137. The Balaban J connectivity index is 2.48. The zero-order chi connectivity index (χ0) is 10.9. The summed E-state index contributed by atoms with van der Waals surface area (Å²) in [5, 5.41) is 18.2. The van der Waals surface area contributed by atoms with Crippen LogP contribution in [0.4, 0.5) is 8.78 Å². The van der Waals surface area contributed by atoms with Crippen LogP contribution in [-0.2, 0) is 4.79 Å². The molecule has 1 aliphatic rings. The maximum atomic E-state index is 12.4. The van der Waals surface area contributed by atoms with Crippen LogP contribution in [0, 0.1) is 0 Å². The molecule has 2 atom stereocenters. The van der Waals surface area contributed by atoms with Crippen LogP contribution >= 0.6 is 0 Å². The van der Waals surface area contributed by atoms with E-state index in [0.717, 1.165) is 4.90 Å². The third kappa shape index (κ3) is 2.88. The van der Waals surface area contributed by atoms with Crippen molar-refractivity contribution in [1.29, 1.82) is 0 Å². The summed E-state index contributed by atoms with van der Waals surface area (Å²) >= 11 is 0. The fourth-order valence-electron chi connectivity index (χ4n) is 1.35. The quantitative estimate of drug-likeness (QED) is 0.650. The van der Waals surface area contributed by atoms with Gasteiger partial charge in [0.15, 0.2) is 0 Å². The van der Waals surface area contributed by atoms with Crippen molar-refractivity contribution in [1.82, 2.24) is 4.90 Å². The number of hydrogen-bond acceptors (Lipinski definition) is 3. The topological polar surface area (TPSA) is 60.8 Å². The molecule has 0 spiro atoms. The standard InChI is InChI=1S/C8H13F2NO3/c1-8(9,10)2-7(14)11-3-5(12)6(13)4-11/h5-6,12-13H,2-4H2,1H3. The zero-order valence-electron chi connectivity index (χ0n) is 7.78. The average molecular weight is 209 g/mol. The Labute approximate surface area is 80.1 Å². The molecule has 1 rings (SSSR count). The van der Waals surface area contributed by atoms with E-state index in [-0.39, 0.29) is 13.1 Å². The largest absolute Gasteiger partial charge is 0.388 e. The normalized spacial score (nSPS) is 28.2. The van der Waals surface area contributed by atoms with Crippen LogP contribution in [0.5, 0.6) is 0 Å². The highest BCUT2D eigenvalue weighted by Gasteiger charge is 2.35. The van der Waals surface area contributed by atoms with Crippen LogP contribution in [0.25, 0.3) is 0 Å². The Hall–Kier alpha value is -0.750. The Kier molecular flexibility index (Phi) is 3.06. The molecule has 6 heteroatoms. The van der Waals surface area contributed by atoms with Crippen molar-refractivity contribution < 1.29 is 23.8 Å². The van der Waals surface area contributed by atoms with E-state index in [1.54, 1.807) is 0 Å². The molecule has 1 fully saturated rings. The first-order valence-corrected chi connectivity index (χ1v) is 4.31. The molecule has 0 aliphatic carbocycles. The molecular weight excluding hydrogens is 196 g/mol. The van der Waals surface area contributed by atoms with E-state index in [4.69, 9.17) is 10.2 Å². The summed E-state index contributed by atoms with van der Waals surface area (Å²) in [5.41, 5.74) is 0. The van der Waals surface area contributed by atoms with Crippen LogP contribution in [0.2, 0.25) is 0 Å². The third-order valence-electron chi connectivity index (χ3n) is 2.07. The molecule has 0 aromatic rings. The second-order valence-electron chi connectivity index (χ2n) is 3.68. The number of alkyl halides is 2. The number of aliphatic hydroxyl groups excluding tert-OH is 2. The number of β-amino-alcohol motifs (C(OH)–C–C–N with tert-alkyl or cyclic N) is 2. The highest BCUT2D eigenvalue weighted by atomic mass is 19.3. The average Bonchev–Trinajstić information content (AvgIpc) is 2.28. The molecule has 2 N–H and O–H groups in total. The van der Waals surface area contributed by atoms with E-state index in [9.17, 15) is 13.6 Å². The van der Waals surface area contributed by atoms with Crippen molar-refractivity contribution in [3.8, 4) is 0 Å². The smallest absolute Gasteiger partial charge is 0.254 e. The summed E-state index contributed by atoms with van der Waals surface area (Å²) in [6.45, 7) is 0.514. The van der Waals surface area contributed by atoms with Crippen LogP contribution < -0.4 is 0 Å². The van der Waals surface area contributed by atoms with Crippen molar-refractivity contribution in [2.45, 2.75) is 31.5 Å². The number of likely N-dealkylation sites (tertiary alicyclic amines) is 1. The summed E-state index contributed by atoms with van der Waals surface area (Å²) < 4.78 is 24.9. The van der Waals surface area contributed by atoms with E-state index < -0.39 is 30.5 Å². The Bertz CT molecular complexity index is 219. The zero-order valence-corrected chi connectivity index (χ0v) is 7.78. The van der Waals surface area contributed by atoms with Crippen molar-refractivity contribution in [2.75, 3.05) is 13.1 Å². The fourth-order valence-corrected chi connectivity index (χ4v) is 1.35. The molecule has 0 radical (unpaired) electrons. The Morgan fingerprint density at radius 2 is 1.86 bits per heavy atom. The van der Waals surface area contributed by atoms with Gasteiger partial charge in [-0.3, -0.25) is 4.79 Å². The van der Waals surface area contributed by atoms with Gasteiger partial charge in [0.1, 0.15) is 0 Å². The van der Waals surface area contributed by atoms with Crippen LogP contribution in [0.1, 0.15) is 13.3 Å². The van der Waals surface area contributed by atoms with E-state index >= 15 is 0 Å². The van der Waals surface area contributed by atoms with Gasteiger partial charge in [0.25, 0.3) is 5.92 Å². The molecule has 1 aliphatic heterocycles. The lowest BCUT2D eigenvalue weighted by Gasteiger charge is -2.17. The molecule has 1 amide bonds. The van der Waals surface area contributed by atoms with Gasteiger partial charge >= 0.3 is 0 Å². The van der Waals surface area contributed by atoms with Gasteiger partial charge in [-0.05, 0) is 6.92 Å². The van der Waals surface area contributed by atoms with E-state index in [1.807, 2.05) is 0 Å². The molecule has 14 heavy (non-hydrogen) atoms. The first kappa shape index (κ1) is 11.3. The third-order valence-corrected chi connectivity index (χ3v) is 2.07. The summed E-state index contributed by atoms with van der Waals surface area (Å²) in [5.74, 6) is -3.79. The predicted octanol–water partition coefficient (Wildman–Crippen LogP) is -0.404. The Morgan fingerprint density at radius 1 is 1.43 bits per heavy atom. The molecule has 0 aromatic heterocycles. The summed E-state index contributed by atoms with van der Waals surface area (Å²) in [6, 6.07) is 0. The number of halogens is 2. The Morgan fingerprint density at radius 3 is 2.21 bits per heavy atom. The molecule has 2 unspecified atom stereocenters. The van der Waals surface area contributed by atoms with Crippen LogP contribution in [0.15, 0.2) is 0 Å². The number of rotatable bonds is 2. The van der Waals surface area contributed by atoms with Crippen molar-refractivity contribution in [3.05, 3.63) is 0 Å². The van der Waals surface area contributed by atoms with Crippen molar-refractivity contribution in [3.63, 3.8) is 0 Å². The summed E-state index contributed by atoms with van der Waals surface area (Å²) in [6.07, 6.45) is -2.93. The second kappa shape index (κ2) is 3.78. The number of carbonyl (C=O) groups is 1. The highest BCUT2D eigenvalue weighted by molar-refractivity contribution is 5.77. The van der Waals surface area contributed by atoms with Gasteiger partial charge in [-0.1, -0.05) is 0 Å². The van der Waals surface area contributed by atoms with Gasteiger partial charge < -0.3 is 15.1 Å². The first-order valence-electron chi connectivity index (χ1n) is 4.31. The van der Waals surface area contributed by atoms with E-state index in [0.29, 0.717) is 6.92 Å². The minimum Gasteiger partial charge on any atom is -0.388 e. The number of carbonyl (C=O) groups excluding carboxylic acids is 1. The van der Waals surface area contributed by atoms with Crippen LogP contribution in [-0.4, -0.2) is 52.2 Å². The summed E-state index contributed by atoms with van der Waals surface area (Å²) in [7, 11) is 0. The SMILES string of the molecule is CC(F)(F)CC(=O)N1CC(O)C(O)C1. The fraction of sp³-hybridized carbons (Fsp3) is 0.875. The van der Waals surface area contributed by atoms with Gasteiger partial charge in [0.2, 0.25) is 5.91 Å². The minimum absolute atomic E-state index is 0.0733. The lowest BCUT2D eigenvalue weighted by atomic mass is 10.2. The minimum atomic E-state index is -3.05. The molecule has 0 saturated carbocycles. The molecule has 0 aromatic carbocycles. The first-order chi connectivity index (χ1) is 6.29. The molecule has 1 saturated heterocycles. The number of aliphatic hydroxyl groups is 2. The van der Waals surface area contributed by atoms with Gasteiger partial charge in [-0.2, -0.15) is 0 Å². The van der Waals surface area contributed by atoms with Crippen molar-refractivity contribution in [2.24, 2.45) is 0 Å². The maximum Gasteiger partial charge on any atom is 0.254 e. The molecule has 0 bridgehead atoms. The molecule has 1 heterocycles. The summed E-state index contributed by atoms with van der Waals surface area (Å²) in [4.78, 5) is 12.2. The predicted molar refractivity (Wildman–Crippen MR) is 43.8 cm³/mol. The second-order valence-corrected chi connectivity index (χ2v) is 3.68. The number of amides is 1. The lowest BCUT2D eigenvalue weighted by Crippen LogP contribution is -2.33. The number of nitrogens with zero attached hydrogens (tertiary/aromatic N) is 1. The molecular formula is C8H13F2NO3. The van der Waals surface area contributed by atoms with Gasteiger partial charge in [-0.15, -0.1) is 0 Å². The van der Waals surface area contributed by atoms with Crippen LogP contribution in [0.3, 0.4) is 0 Å². The molecule has 82 valence electrons. The monoisotopic (exact) mass is 209 g/mol. The maximum absolute atomic E-state index is 12.4. The molecule has 4 nitrogen and oxygen atoms in total.